The molecular formula is C21H20N2O4S. The van der Waals surface area contributed by atoms with E-state index in [1.807, 2.05) is 49.4 Å². The summed E-state index contributed by atoms with van der Waals surface area (Å²) in [7, 11) is 1.26. The third-order valence-corrected chi connectivity index (χ3v) is 4.50. The van der Waals surface area contributed by atoms with E-state index in [1.165, 1.54) is 12.0 Å². The highest BCUT2D eigenvalue weighted by Crippen LogP contribution is 2.24. The lowest BCUT2D eigenvalue weighted by atomic mass is 10.1. The fraction of sp³-hybridized carbons (Fsp3) is 0.190. The van der Waals surface area contributed by atoms with Crippen LogP contribution in [-0.4, -0.2) is 35.5 Å². The molecule has 0 radical (unpaired) electrons. The van der Waals surface area contributed by atoms with Gasteiger partial charge in [-0.1, -0.05) is 48.0 Å². The standard InChI is InChI=1S/C21H20N2O4S/c1-14-6-5-7-15(10-14)13-27-18-9-4-3-8-16(18)11-17-20(25)23(21(28)22-17)12-19(24)26-2/h3-11H,12-13H2,1-2H3,(H,22,28)/b17-11-. The zero-order valence-corrected chi connectivity index (χ0v) is 16.4. The average Bonchev–Trinajstić information content (AvgIpc) is 2.94. The van der Waals surface area contributed by atoms with Gasteiger partial charge in [0, 0.05) is 5.56 Å². The number of para-hydroxylation sites is 1. The van der Waals surface area contributed by atoms with E-state index in [-0.39, 0.29) is 23.3 Å². The molecule has 0 saturated carbocycles. The van der Waals surface area contributed by atoms with Gasteiger partial charge in [0.1, 0.15) is 24.6 Å². The summed E-state index contributed by atoms with van der Waals surface area (Å²) >= 11 is 5.15. The van der Waals surface area contributed by atoms with Gasteiger partial charge in [-0.3, -0.25) is 14.5 Å². The molecule has 1 heterocycles. The molecule has 0 atom stereocenters. The zero-order valence-electron chi connectivity index (χ0n) is 15.6. The van der Waals surface area contributed by atoms with E-state index in [4.69, 9.17) is 17.0 Å². The van der Waals surface area contributed by atoms with Crippen molar-refractivity contribution in [3.05, 3.63) is 70.9 Å². The van der Waals surface area contributed by atoms with Crippen LogP contribution in [0.25, 0.3) is 6.08 Å². The minimum absolute atomic E-state index is 0.166. The van der Waals surface area contributed by atoms with Crippen LogP contribution >= 0.6 is 12.2 Å². The van der Waals surface area contributed by atoms with Gasteiger partial charge in [0.25, 0.3) is 5.91 Å². The monoisotopic (exact) mass is 396 g/mol. The van der Waals surface area contributed by atoms with Crippen molar-refractivity contribution in [2.75, 3.05) is 13.7 Å². The maximum Gasteiger partial charge on any atom is 0.325 e. The van der Waals surface area contributed by atoms with Crippen LogP contribution in [0.4, 0.5) is 0 Å². The number of aryl methyl sites for hydroxylation is 1. The number of methoxy groups -OCH3 is 1. The van der Waals surface area contributed by atoms with Crippen molar-refractivity contribution in [2.45, 2.75) is 13.5 Å². The van der Waals surface area contributed by atoms with Crippen LogP contribution in [0.5, 0.6) is 5.75 Å². The Labute approximate surface area is 168 Å². The fourth-order valence-electron chi connectivity index (χ4n) is 2.76. The highest BCUT2D eigenvalue weighted by Gasteiger charge is 2.32. The van der Waals surface area contributed by atoms with Crippen LogP contribution in [0.3, 0.4) is 0 Å². The van der Waals surface area contributed by atoms with E-state index < -0.39 is 5.97 Å². The van der Waals surface area contributed by atoms with Gasteiger partial charge in [-0.2, -0.15) is 0 Å². The second-order valence-electron chi connectivity index (χ2n) is 6.27. The first kappa shape index (κ1) is 19.6. The predicted molar refractivity (Wildman–Crippen MR) is 109 cm³/mol. The number of nitrogens with one attached hydrogen (secondary N) is 1. The molecule has 1 aliphatic rings. The molecule has 3 rings (SSSR count). The lowest BCUT2D eigenvalue weighted by Gasteiger charge is -2.11. The van der Waals surface area contributed by atoms with E-state index >= 15 is 0 Å². The summed E-state index contributed by atoms with van der Waals surface area (Å²) in [6.45, 7) is 2.21. The molecule has 0 aliphatic carbocycles. The van der Waals surface area contributed by atoms with Gasteiger partial charge < -0.3 is 14.8 Å². The molecule has 0 bridgehead atoms. The minimum atomic E-state index is -0.541. The number of rotatable bonds is 6. The molecule has 144 valence electrons. The quantitative estimate of drug-likeness (QED) is 0.460. The maximum atomic E-state index is 12.6. The molecule has 28 heavy (non-hydrogen) atoms. The van der Waals surface area contributed by atoms with Gasteiger partial charge in [0.15, 0.2) is 5.11 Å². The topological polar surface area (TPSA) is 67.9 Å². The highest BCUT2D eigenvalue weighted by atomic mass is 32.1. The molecule has 1 N–H and O–H groups in total. The molecule has 1 saturated heterocycles. The Kier molecular flexibility index (Phi) is 6.06. The maximum absolute atomic E-state index is 12.6. The molecule has 2 aromatic rings. The summed E-state index contributed by atoms with van der Waals surface area (Å²) in [5, 5.41) is 3.01. The molecular weight excluding hydrogens is 376 g/mol. The van der Waals surface area contributed by atoms with Crippen LogP contribution < -0.4 is 10.1 Å². The van der Waals surface area contributed by atoms with Crippen molar-refractivity contribution in [3.8, 4) is 5.75 Å². The lowest BCUT2D eigenvalue weighted by molar-refractivity contribution is -0.143. The Morgan fingerprint density at radius 2 is 2.00 bits per heavy atom. The normalized spacial score (nSPS) is 14.9. The Morgan fingerprint density at radius 3 is 2.75 bits per heavy atom. The zero-order chi connectivity index (χ0) is 20.1. The molecule has 0 spiro atoms. The molecule has 0 aromatic heterocycles. The van der Waals surface area contributed by atoms with Crippen molar-refractivity contribution in [1.29, 1.82) is 0 Å². The number of benzene rings is 2. The molecule has 7 heteroatoms. The summed E-state index contributed by atoms with van der Waals surface area (Å²) in [5.41, 5.74) is 3.23. The summed E-state index contributed by atoms with van der Waals surface area (Å²) in [6.07, 6.45) is 1.66. The number of carbonyl (C=O) groups excluding carboxylic acids is 2. The number of carbonyl (C=O) groups is 2. The molecule has 1 fully saturated rings. The summed E-state index contributed by atoms with van der Waals surface area (Å²) in [5.74, 6) is -0.284. The van der Waals surface area contributed by atoms with E-state index in [1.54, 1.807) is 6.08 Å². The first-order valence-electron chi connectivity index (χ1n) is 8.66. The van der Waals surface area contributed by atoms with Crippen LogP contribution in [0.2, 0.25) is 0 Å². The van der Waals surface area contributed by atoms with Crippen LogP contribution in [0.1, 0.15) is 16.7 Å². The van der Waals surface area contributed by atoms with Gasteiger partial charge in [0.05, 0.1) is 7.11 Å². The number of esters is 1. The van der Waals surface area contributed by atoms with Gasteiger partial charge in [-0.25, -0.2) is 0 Å². The number of hydrogen-bond donors (Lipinski definition) is 1. The molecule has 1 aliphatic heterocycles. The Balaban J connectivity index is 1.78. The van der Waals surface area contributed by atoms with E-state index in [9.17, 15) is 9.59 Å². The first-order valence-corrected chi connectivity index (χ1v) is 9.07. The number of ether oxygens (including phenoxy) is 2. The largest absolute Gasteiger partial charge is 0.488 e. The SMILES string of the molecule is COC(=O)CN1C(=O)/C(=C/c2ccccc2OCc2cccc(C)c2)NC1=S. The van der Waals surface area contributed by atoms with Gasteiger partial charge >= 0.3 is 5.97 Å². The summed E-state index contributed by atoms with van der Waals surface area (Å²) < 4.78 is 10.6. The molecule has 1 amide bonds. The van der Waals surface area contributed by atoms with Gasteiger partial charge in [-0.15, -0.1) is 0 Å². The number of thiocarbonyl (C=S) groups is 1. The van der Waals surface area contributed by atoms with E-state index in [0.29, 0.717) is 12.4 Å². The number of nitrogens with zero attached hydrogens (tertiary/aromatic N) is 1. The summed E-state index contributed by atoms with van der Waals surface area (Å²) in [6, 6.07) is 15.5. The Morgan fingerprint density at radius 1 is 1.21 bits per heavy atom. The highest BCUT2D eigenvalue weighted by molar-refractivity contribution is 7.80. The van der Waals surface area contributed by atoms with Crippen molar-refractivity contribution < 1.29 is 19.1 Å². The second-order valence-corrected chi connectivity index (χ2v) is 6.66. The molecule has 6 nitrogen and oxygen atoms in total. The lowest BCUT2D eigenvalue weighted by Crippen LogP contribution is -2.35. The Bertz CT molecular complexity index is 955. The van der Waals surface area contributed by atoms with Crippen molar-refractivity contribution >= 4 is 35.3 Å². The molecule has 0 unspecified atom stereocenters. The first-order chi connectivity index (χ1) is 13.5. The molecule has 2 aromatic carbocycles. The van der Waals surface area contributed by atoms with Crippen LogP contribution in [0.15, 0.2) is 54.2 Å². The van der Waals surface area contributed by atoms with Gasteiger partial charge in [-0.05, 0) is 36.8 Å². The number of amides is 1. The second kappa shape index (κ2) is 8.67. The van der Waals surface area contributed by atoms with Gasteiger partial charge in [0.2, 0.25) is 0 Å². The Hall–Kier alpha value is -3.19. The third kappa shape index (κ3) is 4.55. The number of hydrogen-bond acceptors (Lipinski definition) is 5. The third-order valence-electron chi connectivity index (χ3n) is 4.17. The van der Waals surface area contributed by atoms with Crippen molar-refractivity contribution in [2.24, 2.45) is 0 Å². The van der Waals surface area contributed by atoms with E-state index in [0.717, 1.165) is 16.7 Å². The smallest absolute Gasteiger partial charge is 0.325 e. The summed E-state index contributed by atoms with van der Waals surface area (Å²) in [4.78, 5) is 25.2. The van der Waals surface area contributed by atoms with Crippen LogP contribution in [-0.2, 0) is 20.9 Å². The van der Waals surface area contributed by atoms with E-state index in [2.05, 4.69) is 16.1 Å². The average molecular weight is 396 g/mol. The predicted octanol–water partition coefficient (Wildman–Crippen LogP) is 2.80. The minimum Gasteiger partial charge on any atom is -0.488 e. The van der Waals surface area contributed by atoms with Crippen LogP contribution in [0, 0.1) is 6.92 Å². The fourth-order valence-corrected chi connectivity index (χ4v) is 3.02. The van der Waals surface area contributed by atoms with Crippen molar-refractivity contribution in [1.82, 2.24) is 10.2 Å². The van der Waals surface area contributed by atoms with Crippen molar-refractivity contribution in [3.63, 3.8) is 0 Å².